The van der Waals surface area contributed by atoms with Gasteiger partial charge in [0.1, 0.15) is 5.75 Å². The fourth-order valence-corrected chi connectivity index (χ4v) is 5.53. The first-order chi connectivity index (χ1) is 14.6. The number of carbonyl (C=O) groups is 1. The summed E-state index contributed by atoms with van der Waals surface area (Å²) >= 11 is 0. The molecule has 1 fully saturated rings. The van der Waals surface area contributed by atoms with Crippen molar-refractivity contribution in [3.63, 3.8) is 0 Å². The van der Waals surface area contributed by atoms with Crippen molar-refractivity contribution in [2.45, 2.75) is 64.5 Å². The molecule has 1 unspecified atom stereocenters. The number of likely N-dealkylation sites (N-methyl/N-ethyl adjacent to an activating group) is 1. The first kappa shape index (κ1) is 19.2. The maximum atomic E-state index is 11.0. The molecule has 0 spiro atoms. The van der Waals surface area contributed by atoms with Gasteiger partial charge in [-0.1, -0.05) is 31.4 Å². The average molecular weight is 403 g/mol. The number of hydrogen-bond donors (Lipinski definition) is 0. The standard InChI is InChI=1S/C26H30N2O2/c1-17-9-11-22-23(13-17)27(3)18(2)15-28-24-14-20(30-16-29)10-12-21(24)25(26(22)28)19-7-5-4-6-8-19/h9-14,16,18-19H,4-8,15H2,1-3H3. The zero-order valence-corrected chi connectivity index (χ0v) is 18.1. The van der Waals surface area contributed by atoms with E-state index in [1.807, 2.05) is 12.1 Å². The molecule has 1 atom stereocenters. The topological polar surface area (TPSA) is 34.5 Å². The Morgan fingerprint density at radius 1 is 1.07 bits per heavy atom. The Kier molecular flexibility index (Phi) is 4.80. The van der Waals surface area contributed by atoms with Crippen molar-refractivity contribution in [1.29, 1.82) is 0 Å². The van der Waals surface area contributed by atoms with Gasteiger partial charge in [-0.15, -0.1) is 0 Å². The molecule has 1 saturated carbocycles. The summed E-state index contributed by atoms with van der Waals surface area (Å²) < 4.78 is 7.71. The predicted octanol–water partition coefficient (Wildman–Crippen LogP) is 6.04. The maximum Gasteiger partial charge on any atom is 0.298 e. The Morgan fingerprint density at radius 3 is 2.63 bits per heavy atom. The second-order valence-corrected chi connectivity index (χ2v) is 9.08. The van der Waals surface area contributed by atoms with Crippen LogP contribution in [0.25, 0.3) is 22.2 Å². The lowest BCUT2D eigenvalue weighted by molar-refractivity contribution is -0.120. The van der Waals surface area contributed by atoms with Gasteiger partial charge in [-0.2, -0.15) is 0 Å². The highest BCUT2D eigenvalue weighted by atomic mass is 16.5. The molecule has 1 aliphatic heterocycles. The lowest BCUT2D eigenvalue weighted by Crippen LogP contribution is -2.31. The molecule has 0 amide bonds. The minimum atomic E-state index is 0.359. The summed E-state index contributed by atoms with van der Waals surface area (Å²) in [6, 6.07) is 13.4. The second kappa shape index (κ2) is 7.50. The van der Waals surface area contributed by atoms with Crippen LogP contribution < -0.4 is 9.64 Å². The van der Waals surface area contributed by atoms with Gasteiger partial charge < -0.3 is 14.2 Å². The molecule has 30 heavy (non-hydrogen) atoms. The smallest absolute Gasteiger partial charge is 0.298 e. The van der Waals surface area contributed by atoms with E-state index in [2.05, 4.69) is 54.6 Å². The average Bonchev–Trinajstić information content (AvgIpc) is 3.02. The summed E-state index contributed by atoms with van der Waals surface area (Å²) in [4.78, 5) is 13.4. The summed E-state index contributed by atoms with van der Waals surface area (Å²) in [6.45, 7) is 5.89. The summed E-state index contributed by atoms with van der Waals surface area (Å²) in [7, 11) is 2.21. The molecular formula is C26H30N2O2. The number of carbonyl (C=O) groups excluding carboxylic acids is 1. The lowest BCUT2D eigenvalue weighted by atomic mass is 9.81. The Labute approximate surface area is 178 Å². The van der Waals surface area contributed by atoms with Crippen LogP contribution in [0.5, 0.6) is 5.75 Å². The van der Waals surface area contributed by atoms with Gasteiger partial charge >= 0.3 is 0 Å². The Balaban J connectivity index is 1.84. The molecule has 0 radical (unpaired) electrons. The van der Waals surface area contributed by atoms with E-state index in [-0.39, 0.29) is 0 Å². The molecule has 0 N–H and O–H groups in total. The molecule has 1 aromatic heterocycles. The molecule has 0 bridgehead atoms. The summed E-state index contributed by atoms with van der Waals surface area (Å²) in [5.41, 5.74) is 7.96. The zero-order valence-electron chi connectivity index (χ0n) is 18.1. The van der Waals surface area contributed by atoms with E-state index in [0.29, 0.717) is 24.2 Å². The van der Waals surface area contributed by atoms with Gasteiger partial charge in [0.2, 0.25) is 0 Å². The molecule has 0 saturated heterocycles. The largest absolute Gasteiger partial charge is 0.429 e. The third kappa shape index (κ3) is 3.01. The highest BCUT2D eigenvalue weighted by molar-refractivity contribution is 5.96. The fourth-order valence-electron chi connectivity index (χ4n) is 5.53. The van der Waals surface area contributed by atoms with Gasteiger partial charge in [0.25, 0.3) is 6.47 Å². The van der Waals surface area contributed by atoms with Gasteiger partial charge in [-0.3, -0.25) is 4.79 Å². The number of ether oxygens (including phenoxy) is 1. The molecule has 3 aromatic rings. The minimum absolute atomic E-state index is 0.359. The van der Waals surface area contributed by atoms with E-state index >= 15 is 0 Å². The Bertz CT molecular complexity index is 1110. The molecule has 1 aliphatic carbocycles. The number of fused-ring (bicyclic) bond motifs is 5. The first-order valence-corrected chi connectivity index (χ1v) is 11.2. The van der Waals surface area contributed by atoms with Crippen molar-refractivity contribution in [2.24, 2.45) is 0 Å². The number of hydrogen-bond acceptors (Lipinski definition) is 3. The van der Waals surface area contributed by atoms with Gasteiger partial charge in [-0.25, -0.2) is 0 Å². The summed E-state index contributed by atoms with van der Waals surface area (Å²) in [5, 5.41) is 1.32. The van der Waals surface area contributed by atoms with E-state index in [4.69, 9.17) is 4.74 Å². The van der Waals surface area contributed by atoms with Crippen LogP contribution in [-0.2, 0) is 11.3 Å². The van der Waals surface area contributed by atoms with E-state index in [9.17, 15) is 4.79 Å². The molecule has 4 heteroatoms. The molecule has 2 aliphatic rings. The maximum absolute atomic E-state index is 11.0. The molecular weight excluding hydrogens is 372 g/mol. The molecule has 4 nitrogen and oxygen atoms in total. The molecule has 2 aromatic carbocycles. The number of aromatic nitrogens is 1. The minimum Gasteiger partial charge on any atom is -0.429 e. The number of nitrogens with zero attached hydrogens (tertiary/aromatic N) is 2. The third-order valence-corrected chi connectivity index (χ3v) is 7.17. The van der Waals surface area contributed by atoms with Crippen LogP contribution in [0, 0.1) is 6.92 Å². The monoisotopic (exact) mass is 402 g/mol. The van der Waals surface area contributed by atoms with Crippen molar-refractivity contribution in [3.8, 4) is 17.0 Å². The quantitative estimate of drug-likeness (QED) is 0.501. The van der Waals surface area contributed by atoms with Crippen molar-refractivity contribution < 1.29 is 9.53 Å². The predicted molar refractivity (Wildman–Crippen MR) is 122 cm³/mol. The number of aryl methyl sites for hydroxylation is 1. The highest BCUT2D eigenvalue weighted by Crippen LogP contribution is 2.48. The Morgan fingerprint density at radius 2 is 1.87 bits per heavy atom. The van der Waals surface area contributed by atoms with Gasteiger partial charge in [0.05, 0.1) is 11.2 Å². The number of anilines is 1. The molecule has 156 valence electrons. The fraction of sp³-hybridized carbons (Fsp3) is 0.423. The molecule has 2 heterocycles. The van der Waals surface area contributed by atoms with Crippen LogP contribution in [0.2, 0.25) is 0 Å². The highest BCUT2D eigenvalue weighted by Gasteiger charge is 2.31. The Hall–Kier alpha value is -2.75. The summed E-state index contributed by atoms with van der Waals surface area (Å²) in [6.07, 6.45) is 6.47. The number of rotatable bonds is 3. The van der Waals surface area contributed by atoms with Crippen LogP contribution in [-0.4, -0.2) is 24.1 Å². The van der Waals surface area contributed by atoms with E-state index in [0.717, 1.165) is 6.54 Å². The van der Waals surface area contributed by atoms with Gasteiger partial charge in [0.15, 0.2) is 0 Å². The van der Waals surface area contributed by atoms with Crippen LogP contribution in [0.3, 0.4) is 0 Å². The summed E-state index contributed by atoms with van der Waals surface area (Å²) in [5.74, 6) is 1.20. The van der Waals surface area contributed by atoms with Gasteiger partial charge in [0, 0.05) is 42.3 Å². The van der Waals surface area contributed by atoms with Crippen molar-refractivity contribution >= 4 is 23.1 Å². The SMILES string of the molecule is Cc1ccc2c(c1)N(C)C(C)Cn1c-2c(C2CCCCC2)c2ccc(OC=O)cc21. The van der Waals surface area contributed by atoms with Gasteiger partial charge in [-0.05, 0) is 61.9 Å². The third-order valence-electron chi connectivity index (χ3n) is 7.17. The number of benzene rings is 2. The first-order valence-electron chi connectivity index (χ1n) is 11.2. The van der Waals surface area contributed by atoms with Crippen LogP contribution >= 0.6 is 0 Å². The second-order valence-electron chi connectivity index (χ2n) is 9.08. The van der Waals surface area contributed by atoms with Crippen LogP contribution in [0.15, 0.2) is 36.4 Å². The van der Waals surface area contributed by atoms with Crippen molar-refractivity contribution in [1.82, 2.24) is 4.57 Å². The lowest BCUT2D eigenvalue weighted by Gasteiger charge is -2.27. The zero-order chi connectivity index (χ0) is 20.8. The van der Waals surface area contributed by atoms with Crippen LogP contribution in [0.1, 0.15) is 56.1 Å². The van der Waals surface area contributed by atoms with Crippen LogP contribution in [0.4, 0.5) is 5.69 Å². The normalized spacial score (nSPS) is 19.3. The molecule has 5 rings (SSSR count). The van der Waals surface area contributed by atoms with E-state index in [1.165, 1.54) is 71.1 Å². The van der Waals surface area contributed by atoms with E-state index in [1.54, 1.807) is 0 Å². The van der Waals surface area contributed by atoms with Crippen molar-refractivity contribution in [2.75, 3.05) is 11.9 Å². The van der Waals surface area contributed by atoms with E-state index < -0.39 is 0 Å². The van der Waals surface area contributed by atoms with Crippen molar-refractivity contribution in [3.05, 3.63) is 47.5 Å².